The van der Waals surface area contributed by atoms with E-state index in [0.29, 0.717) is 11.3 Å². The summed E-state index contributed by atoms with van der Waals surface area (Å²) in [6, 6.07) is 24.2. The van der Waals surface area contributed by atoms with Gasteiger partial charge in [-0.3, -0.25) is 4.79 Å². The Labute approximate surface area is 233 Å². The van der Waals surface area contributed by atoms with Gasteiger partial charge < -0.3 is 10.6 Å². The van der Waals surface area contributed by atoms with Gasteiger partial charge in [-0.1, -0.05) is 89.9 Å². The standard InChI is InChI=1S/C29H23Cl2F3N4O/c1-17-26(28(39)35-16-21(18-8-4-2-5-9-18)19-10-6-3-7-11-19)27(20-12-13-22(30)23(31)14-20)38-25(36-17)15-24(37-38)29(32,33)34/h2-15,21,27,36H,16H2,1H3,(H,35,39). The Hall–Kier alpha value is -3.75. The first kappa shape index (κ1) is 26.8. The van der Waals surface area contributed by atoms with Crippen LogP contribution in [0.4, 0.5) is 19.0 Å². The van der Waals surface area contributed by atoms with E-state index in [-0.39, 0.29) is 33.9 Å². The Morgan fingerprint density at radius 2 is 1.59 bits per heavy atom. The fraction of sp³-hybridized carbons (Fsp3) is 0.172. The highest BCUT2D eigenvalue weighted by Crippen LogP contribution is 2.40. The molecule has 3 aromatic carbocycles. The zero-order chi connectivity index (χ0) is 27.7. The molecule has 1 aliphatic rings. The van der Waals surface area contributed by atoms with E-state index in [2.05, 4.69) is 15.7 Å². The van der Waals surface area contributed by atoms with Gasteiger partial charge >= 0.3 is 6.18 Å². The molecule has 0 saturated carbocycles. The van der Waals surface area contributed by atoms with E-state index >= 15 is 0 Å². The molecule has 10 heteroatoms. The molecule has 2 N–H and O–H groups in total. The molecule has 5 rings (SSSR count). The number of amides is 1. The van der Waals surface area contributed by atoms with Crippen LogP contribution in [0, 0.1) is 0 Å². The van der Waals surface area contributed by atoms with Crippen molar-refractivity contribution in [3.8, 4) is 0 Å². The highest BCUT2D eigenvalue weighted by atomic mass is 35.5. The smallest absolute Gasteiger partial charge is 0.351 e. The lowest BCUT2D eigenvalue weighted by molar-refractivity contribution is -0.141. The summed E-state index contributed by atoms with van der Waals surface area (Å²) in [6.07, 6.45) is -4.66. The molecule has 39 heavy (non-hydrogen) atoms. The quantitative estimate of drug-likeness (QED) is 0.253. The minimum absolute atomic E-state index is 0.110. The predicted molar refractivity (Wildman–Crippen MR) is 146 cm³/mol. The van der Waals surface area contributed by atoms with Crippen molar-refractivity contribution in [2.75, 3.05) is 11.9 Å². The van der Waals surface area contributed by atoms with Crippen molar-refractivity contribution >= 4 is 34.9 Å². The van der Waals surface area contributed by atoms with Crippen molar-refractivity contribution in [1.29, 1.82) is 0 Å². The second-order valence-electron chi connectivity index (χ2n) is 9.18. The first-order chi connectivity index (χ1) is 18.6. The van der Waals surface area contributed by atoms with Crippen LogP contribution < -0.4 is 10.6 Å². The van der Waals surface area contributed by atoms with Crippen molar-refractivity contribution < 1.29 is 18.0 Å². The maximum atomic E-state index is 13.8. The van der Waals surface area contributed by atoms with Gasteiger partial charge in [0.2, 0.25) is 0 Å². The van der Waals surface area contributed by atoms with Crippen LogP contribution >= 0.6 is 23.2 Å². The second kappa shape index (κ2) is 10.8. The lowest BCUT2D eigenvalue weighted by Gasteiger charge is -2.30. The molecule has 4 aromatic rings. The molecule has 1 unspecified atom stereocenters. The van der Waals surface area contributed by atoms with Crippen LogP contribution in [0.2, 0.25) is 10.0 Å². The highest BCUT2D eigenvalue weighted by Gasteiger charge is 2.39. The molecule has 1 aliphatic heterocycles. The van der Waals surface area contributed by atoms with Gasteiger partial charge in [-0.05, 0) is 35.7 Å². The summed E-state index contributed by atoms with van der Waals surface area (Å²) in [5.41, 5.74) is 2.05. The maximum Gasteiger partial charge on any atom is 0.435 e. The Morgan fingerprint density at radius 1 is 0.974 bits per heavy atom. The van der Waals surface area contributed by atoms with Crippen molar-refractivity contribution in [3.05, 3.63) is 129 Å². The SMILES string of the molecule is CC1=C(C(=O)NCC(c2ccccc2)c2ccccc2)C(c2ccc(Cl)c(Cl)c2)n2nc(C(F)(F)F)cc2N1. The van der Waals surface area contributed by atoms with Gasteiger partial charge in [0.1, 0.15) is 11.9 Å². The first-order valence-corrected chi connectivity index (χ1v) is 12.9. The number of halogens is 5. The van der Waals surface area contributed by atoms with Gasteiger partial charge in [0.25, 0.3) is 5.91 Å². The van der Waals surface area contributed by atoms with E-state index in [4.69, 9.17) is 23.2 Å². The van der Waals surface area contributed by atoms with E-state index in [1.54, 1.807) is 19.1 Å². The third kappa shape index (κ3) is 5.53. The number of benzene rings is 3. The molecule has 0 saturated heterocycles. The monoisotopic (exact) mass is 570 g/mol. The lowest BCUT2D eigenvalue weighted by Crippen LogP contribution is -2.37. The topological polar surface area (TPSA) is 59.0 Å². The predicted octanol–water partition coefficient (Wildman–Crippen LogP) is 7.45. The van der Waals surface area contributed by atoms with Gasteiger partial charge in [0.15, 0.2) is 5.69 Å². The fourth-order valence-corrected chi connectivity index (χ4v) is 5.09. The largest absolute Gasteiger partial charge is 0.435 e. The van der Waals surface area contributed by atoms with Crippen LogP contribution in [0.5, 0.6) is 0 Å². The van der Waals surface area contributed by atoms with Gasteiger partial charge in [0.05, 0.1) is 15.6 Å². The number of anilines is 1. The number of carbonyl (C=O) groups excluding carboxylic acids is 1. The summed E-state index contributed by atoms with van der Waals surface area (Å²) in [7, 11) is 0. The van der Waals surface area contributed by atoms with Crippen molar-refractivity contribution in [2.24, 2.45) is 0 Å². The molecular weight excluding hydrogens is 548 g/mol. The average Bonchev–Trinajstić information content (AvgIpc) is 3.35. The van der Waals surface area contributed by atoms with Gasteiger partial charge in [-0.15, -0.1) is 0 Å². The molecule has 0 spiro atoms. The van der Waals surface area contributed by atoms with E-state index in [1.165, 1.54) is 6.07 Å². The van der Waals surface area contributed by atoms with Crippen LogP contribution in [0.3, 0.4) is 0 Å². The molecule has 1 atom stereocenters. The number of nitrogens with zero attached hydrogens (tertiary/aromatic N) is 2. The second-order valence-corrected chi connectivity index (χ2v) is 10.00. The molecule has 0 bridgehead atoms. The number of alkyl halides is 3. The van der Waals surface area contributed by atoms with Gasteiger partial charge in [-0.25, -0.2) is 4.68 Å². The fourth-order valence-electron chi connectivity index (χ4n) is 4.78. The molecule has 0 aliphatic carbocycles. The van der Waals surface area contributed by atoms with E-state index in [9.17, 15) is 18.0 Å². The van der Waals surface area contributed by atoms with Crippen LogP contribution in [-0.2, 0) is 11.0 Å². The number of fused-ring (bicyclic) bond motifs is 1. The zero-order valence-corrected chi connectivity index (χ0v) is 22.1. The number of nitrogens with one attached hydrogen (secondary N) is 2. The van der Waals surface area contributed by atoms with Crippen molar-refractivity contribution in [3.63, 3.8) is 0 Å². The molecule has 0 fully saturated rings. The summed E-state index contributed by atoms with van der Waals surface area (Å²) in [5, 5.41) is 10.3. The van der Waals surface area contributed by atoms with Crippen LogP contribution in [-0.4, -0.2) is 22.2 Å². The van der Waals surface area contributed by atoms with Crippen molar-refractivity contribution in [2.45, 2.75) is 25.1 Å². The number of allylic oxidation sites excluding steroid dienone is 1. The maximum absolute atomic E-state index is 13.8. The van der Waals surface area contributed by atoms with Crippen LogP contribution in [0.15, 0.2) is 96.2 Å². The van der Waals surface area contributed by atoms with Crippen LogP contribution in [0.1, 0.15) is 41.3 Å². The Bertz CT molecular complexity index is 1500. The summed E-state index contributed by atoms with van der Waals surface area (Å²) in [6.45, 7) is 1.91. The van der Waals surface area contributed by atoms with E-state index < -0.39 is 23.8 Å². The molecule has 200 valence electrons. The molecule has 2 heterocycles. The third-order valence-electron chi connectivity index (χ3n) is 6.64. The van der Waals surface area contributed by atoms with E-state index in [1.807, 2.05) is 60.7 Å². The molecule has 1 amide bonds. The Morgan fingerprint density at radius 3 is 2.15 bits per heavy atom. The summed E-state index contributed by atoms with van der Waals surface area (Å²) < 4.78 is 41.9. The normalized spacial score (nSPS) is 15.2. The van der Waals surface area contributed by atoms with Crippen LogP contribution in [0.25, 0.3) is 0 Å². The van der Waals surface area contributed by atoms with Gasteiger partial charge in [0, 0.05) is 24.2 Å². The van der Waals surface area contributed by atoms with E-state index in [0.717, 1.165) is 21.9 Å². The van der Waals surface area contributed by atoms with Crippen molar-refractivity contribution in [1.82, 2.24) is 15.1 Å². The highest BCUT2D eigenvalue weighted by molar-refractivity contribution is 6.42. The number of hydrogen-bond donors (Lipinski definition) is 2. The lowest BCUT2D eigenvalue weighted by atomic mass is 9.90. The first-order valence-electron chi connectivity index (χ1n) is 12.1. The third-order valence-corrected chi connectivity index (χ3v) is 7.38. The number of carbonyl (C=O) groups is 1. The summed E-state index contributed by atoms with van der Waals surface area (Å²) in [5.74, 6) is -0.476. The number of hydrogen-bond acceptors (Lipinski definition) is 3. The average molecular weight is 571 g/mol. The Balaban J connectivity index is 1.52. The van der Waals surface area contributed by atoms with Gasteiger partial charge in [-0.2, -0.15) is 18.3 Å². The minimum Gasteiger partial charge on any atom is -0.351 e. The molecule has 1 aromatic heterocycles. The summed E-state index contributed by atoms with van der Waals surface area (Å²) in [4.78, 5) is 13.8. The number of aromatic nitrogens is 2. The number of rotatable bonds is 6. The molecule has 0 radical (unpaired) electrons. The molecular formula is C29H23Cl2F3N4O. The molecule has 5 nitrogen and oxygen atoms in total. The zero-order valence-electron chi connectivity index (χ0n) is 20.6. The Kier molecular flexibility index (Phi) is 7.42. The minimum atomic E-state index is -4.66. The summed E-state index contributed by atoms with van der Waals surface area (Å²) >= 11 is 12.4.